The van der Waals surface area contributed by atoms with Gasteiger partial charge < -0.3 is 20.6 Å². The molecule has 1 heterocycles. The number of carbonyl (C=O) groups is 2. The molecule has 1 saturated heterocycles. The van der Waals surface area contributed by atoms with Gasteiger partial charge in [0.2, 0.25) is 0 Å². The Labute approximate surface area is 126 Å². The van der Waals surface area contributed by atoms with E-state index in [1.54, 1.807) is 0 Å². The average Bonchev–Trinajstić information content (AvgIpc) is 2.68. The number of amides is 2. The molecule has 6 nitrogen and oxygen atoms in total. The van der Waals surface area contributed by atoms with E-state index in [4.69, 9.17) is 0 Å². The lowest BCUT2D eigenvalue weighted by Gasteiger charge is -2.33. The Morgan fingerprint density at radius 1 is 1.10 bits per heavy atom. The van der Waals surface area contributed by atoms with E-state index in [1.807, 2.05) is 0 Å². The van der Waals surface area contributed by atoms with Crippen LogP contribution >= 0.6 is 0 Å². The average molecular weight is 297 g/mol. The van der Waals surface area contributed by atoms with Crippen LogP contribution in [-0.4, -0.2) is 53.7 Å². The number of nitrogens with one attached hydrogen (secondary N) is 2. The SMILES string of the molecule is CN1CCC(NC(=O)NC2(C(=O)O)CCCCCC2)CC1. The normalized spacial score (nSPS) is 24.0. The Morgan fingerprint density at radius 2 is 1.67 bits per heavy atom. The van der Waals surface area contributed by atoms with Crippen LogP contribution in [0, 0.1) is 0 Å². The van der Waals surface area contributed by atoms with Crippen molar-refractivity contribution < 1.29 is 14.7 Å². The summed E-state index contributed by atoms with van der Waals surface area (Å²) in [6, 6.07) is -0.174. The van der Waals surface area contributed by atoms with E-state index in [0.717, 1.165) is 51.6 Å². The summed E-state index contributed by atoms with van der Waals surface area (Å²) in [7, 11) is 2.07. The Kier molecular flexibility index (Phi) is 5.45. The first-order valence-corrected chi connectivity index (χ1v) is 8.02. The van der Waals surface area contributed by atoms with Gasteiger partial charge in [0, 0.05) is 6.04 Å². The fraction of sp³-hybridized carbons (Fsp3) is 0.867. The van der Waals surface area contributed by atoms with Crippen molar-refractivity contribution in [2.75, 3.05) is 20.1 Å². The van der Waals surface area contributed by atoms with E-state index in [9.17, 15) is 14.7 Å². The summed E-state index contributed by atoms with van der Waals surface area (Å²) in [5.74, 6) is -0.900. The van der Waals surface area contributed by atoms with Gasteiger partial charge in [-0.3, -0.25) is 0 Å². The van der Waals surface area contributed by atoms with Crippen LogP contribution in [0.4, 0.5) is 4.79 Å². The maximum absolute atomic E-state index is 12.2. The minimum absolute atomic E-state index is 0.151. The molecule has 120 valence electrons. The standard InChI is InChI=1S/C15H27N3O3/c1-18-10-6-12(7-11-18)16-14(21)17-15(13(19)20)8-4-2-3-5-9-15/h12H,2-11H2,1H3,(H,19,20)(H2,16,17,21). The van der Waals surface area contributed by atoms with Gasteiger partial charge in [0.15, 0.2) is 0 Å². The van der Waals surface area contributed by atoms with E-state index < -0.39 is 11.5 Å². The van der Waals surface area contributed by atoms with Gasteiger partial charge in [0.25, 0.3) is 0 Å². The molecule has 0 bridgehead atoms. The van der Waals surface area contributed by atoms with Crippen molar-refractivity contribution in [2.45, 2.75) is 62.9 Å². The predicted molar refractivity (Wildman–Crippen MR) is 80.3 cm³/mol. The van der Waals surface area contributed by atoms with Gasteiger partial charge in [-0.15, -0.1) is 0 Å². The summed E-state index contributed by atoms with van der Waals surface area (Å²) >= 11 is 0. The molecule has 0 aromatic carbocycles. The predicted octanol–water partition coefficient (Wildman–Crippen LogP) is 1.56. The molecule has 0 aromatic rings. The topological polar surface area (TPSA) is 81.7 Å². The van der Waals surface area contributed by atoms with Crippen LogP contribution in [-0.2, 0) is 4.79 Å². The summed E-state index contributed by atoms with van der Waals surface area (Å²) in [6.45, 7) is 1.93. The zero-order chi connectivity index (χ0) is 15.3. The van der Waals surface area contributed by atoms with Gasteiger partial charge in [-0.2, -0.15) is 0 Å². The van der Waals surface area contributed by atoms with E-state index >= 15 is 0 Å². The first kappa shape index (κ1) is 16.1. The number of nitrogens with zero attached hydrogens (tertiary/aromatic N) is 1. The maximum Gasteiger partial charge on any atom is 0.329 e. The Hall–Kier alpha value is -1.30. The third kappa shape index (κ3) is 4.33. The third-order valence-corrected chi connectivity index (χ3v) is 4.77. The fourth-order valence-corrected chi connectivity index (χ4v) is 3.32. The fourth-order valence-electron chi connectivity index (χ4n) is 3.32. The third-order valence-electron chi connectivity index (χ3n) is 4.77. The van der Waals surface area contributed by atoms with Crippen molar-refractivity contribution in [3.63, 3.8) is 0 Å². The van der Waals surface area contributed by atoms with E-state index in [0.29, 0.717) is 12.8 Å². The van der Waals surface area contributed by atoms with Gasteiger partial charge in [0.1, 0.15) is 5.54 Å². The minimum atomic E-state index is -1.08. The second kappa shape index (κ2) is 7.11. The number of rotatable bonds is 3. The van der Waals surface area contributed by atoms with Crippen LogP contribution in [0.3, 0.4) is 0 Å². The number of aliphatic carboxylic acids is 1. The summed E-state index contributed by atoms with van der Waals surface area (Å²) in [4.78, 5) is 26.1. The summed E-state index contributed by atoms with van der Waals surface area (Å²) in [5, 5.41) is 15.3. The van der Waals surface area contributed by atoms with Crippen molar-refractivity contribution in [1.29, 1.82) is 0 Å². The summed E-state index contributed by atoms with van der Waals surface area (Å²) in [5.41, 5.74) is -1.08. The van der Waals surface area contributed by atoms with Gasteiger partial charge in [-0.1, -0.05) is 25.7 Å². The highest BCUT2D eigenvalue weighted by atomic mass is 16.4. The molecule has 0 spiro atoms. The zero-order valence-electron chi connectivity index (χ0n) is 12.9. The number of likely N-dealkylation sites (tertiary alicyclic amines) is 1. The van der Waals surface area contributed by atoms with Crippen molar-refractivity contribution in [2.24, 2.45) is 0 Å². The Bertz CT molecular complexity index is 370. The number of piperidine rings is 1. The number of carbonyl (C=O) groups excluding carboxylic acids is 1. The summed E-state index contributed by atoms with van der Waals surface area (Å²) < 4.78 is 0. The molecule has 0 radical (unpaired) electrons. The molecule has 2 amide bonds. The van der Waals surface area contributed by atoms with Crippen molar-refractivity contribution in [1.82, 2.24) is 15.5 Å². The lowest BCUT2D eigenvalue weighted by atomic mass is 9.90. The number of carboxylic acids is 1. The molecular formula is C15H27N3O3. The van der Waals surface area contributed by atoms with E-state index in [1.165, 1.54) is 0 Å². The molecule has 2 rings (SSSR count). The highest BCUT2D eigenvalue weighted by Crippen LogP contribution is 2.27. The quantitative estimate of drug-likeness (QED) is 0.690. The second-order valence-electron chi connectivity index (χ2n) is 6.48. The first-order chi connectivity index (χ1) is 10.0. The molecule has 1 saturated carbocycles. The molecule has 1 aliphatic carbocycles. The molecule has 0 unspecified atom stereocenters. The zero-order valence-corrected chi connectivity index (χ0v) is 12.9. The van der Waals surface area contributed by atoms with Crippen LogP contribution in [0.15, 0.2) is 0 Å². The highest BCUT2D eigenvalue weighted by molar-refractivity contribution is 5.86. The molecule has 0 atom stereocenters. The van der Waals surface area contributed by atoms with Crippen LogP contribution in [0.5, 0.6) is 0 Å². The van der Waals surface area contributed by atoms with Gasteiger partial charge in [-0.25, -0.2) is 9.59 Å². The lowest BCUT2D eigenvalue weighted by molar-refractivity contribution is -0.145. The Morgan fingerprint density at radius 3 is 2.19 bits per heavy atom. The molecule has 1 aliphatic heterocycles. The van der Waals surface area contributed by atoms with Crippen molar-refractivity contribution >= 4 is 12.0 Å². The van der Waals surface area contributed by atoms with Crippen molar-refractivity contribution in [3.05, 3.63) is 0 Å². The monoisotopic (exact) mass is 297 g/mol. The lowest BCUT2D eigenvalue weighted by Crippen LogP contribution is -2.58. The molecule has 2 aliphatic rings. The van der Waals surface area contributed by atoms with Crippen LogP contribution in [0.1, 0.15) is 51.4 Å². The molecule has 6 heteroatoms. The number of urea groups is 1. The summed E-state index contributed by atoms with van der Waals surface area (Å²) in [6.07, 6.45) is 6.72. The first-order valence-electron chi connectivity index (χ1n) is 8.02. The molecule has 21 heavy (non-hydrogen) atoms. The largest absolute Gasteiger partial charge is 0.480 e. The smallest absolute Gasteiger partial charge is 0.329 e. The Balaban J connectivity index is 1.90. The number of hydrogen-bond donors (Lipinski definition) is 3. The number of hydrogen-bond acceptors (Lipinski definition) is 3. The van der Waals surface area contributed by atoms with Crippen LogP contribution in [0.2, 0.25) is 0 Å². The highest BCUT2D eigenvalue weighted by Gasteiger charge is 2.40. The molecule has 0 aromatic heterocycles. The van der Waals surface area contributed by atoms with Gasteiger partial charge in [-0.05, 0) is 45.8 Å². The minimum Gasteiger partial charge on any atom is -0.480 e. The molecule has 2 fully saturated rings. The van der Waals surface area contributed by atoms with Crippen LogP contribution in [0.25, 0.3) is 0 Å². The van der Waals surface area contributed by atoms with Gasteiger partial charge >= 0.3 is 12.0 Å². The maximum atomic E-state index is 12.2. The van der Waals surface area contributed by atoms with E-state index in [2.05, 4.69) is 22.6 Å². The van der Waals surface area contributed by atoms with Crippen LogP contribution < -0.4 is 10.6 Å². The van der Waals surface area contributed by atoms with Gasteiger partial charge in [0.05, 0.1) is 0 Å². The van der Waals surface area contributed by atoms with E-state index in [-0.39, 0.29) is 12.1 Å². The number of carboxylic acid groups (broad SMARTS) is 1. The molecular weight excluding hydrogens is 270 g/mol. The molecule has 3 N–H and O–H groups in total. The second-order valence-corrected chi connectivity index (χ2v) is 6.48. The van der Waals surface area contributed by atoms with Crippen molar-refractivity contribution in [3.8, 4) is 0 Å².